The van der Waals surface area contributed by atoms with Gasteiger partial charge in [-0.15, -0.1) is 0 Å². The van der Waals surface area contributed by atoms with Crippen molar-refractivity contribution < 1.29 is 22.8 Å². The van der Waals surface area contributed by atoms with Crippen molar-refractivity contribution >= 4 is 34.0 Å². The Bertz CT molecular complexity index is 1260. The van der Waals surface area contributed by atoms with Crippen molar-refractivity contribution in [2.75, 3.05) is 10.6 Å². The number of halogens is 3. The van der Waals surface area contributed by atoms with Crippen molar-refractivity contribution in [1.29, 1.82) is 0 Å². The van der Waals surface area contributed by atoms with E-state index in [9.17, 15) is 27.6 Å². The van der Waals surface area contributed by atoms with Gasteiger partial charge in [-0.05, 0) is 37.1 Å². The van der Waals surface area contributed by atoms with Gasteiger partial charge in [0.25, 0.3) is 11.5 Å². The molecule has 31 heavy (non-hydrogen) atoms. The van der Waals surface area contributed by atoms with Crippen LogP contribution in [0.25, 0.3) is 10.8 Å². The summed E-state index contributed by atoms with van der Waals surface area (Å²) >= 11 is 0. The second-order valence-corrected chi connectivity index (χ2v) is 7.30. The summed E-state index contributed by atoms with van der Waals surface area (Å²) in [4.78, 5) is 36.9. The number of carbonyl (C=O) groups excluding carboxylic acids is 2. The van der Waals surface area contributed by atoms with Crippen LogP contribution in [0, 0.1) is 5.92 Å². The van der Waals surface area contributed by atoms with E-state index in [0.29, 0.717) is 12.8 Å². The van der Waals surface area contributed by atoms with Crippen molar-refractivity contribution in [2.45, 2.75) is 19.0 Å². The van der Waals surface area contributed by atoms with E-state index >= 15 is 0 Å². The summed E-state index contributed by atoms with van der Waals surface area (Å²) in [5, 5.41) is 9.08. The largest absolute Gasteiger partial charge is 0.418 e. The van der Waals surface area contributed by atoms with E-state index in [-0.39, 0.29) is 34.0 Å². The molecule has 0 spiro atoms. The number of benzene rings is 2. The van der Waals surface area contributed by atoms with Crippen LogP contribution in [0.3, 0.4) is 0 Å². The molecule has 1 aliphatic carbocycles. The summed E-state index contributed by atoms with van der Waals surface area (Å²) in [5.41, 5.74) is -2.21. The molecular formula is C21H17F3N4O3. The maximum atomic E-state index is 13.6. The SMILES string of the molecule is Cn1nc(C(=O)Nc2ccc(NC(=O)C3CC3)cc2C(F)(F)F)c2ccccc2c1=O. The van der Waals surface area contributed by atoms with Gasteiger partial charge in [-0.25, -0.2) is 4.68 Å². The van der Waals surface area contributed by atoms with E-state index < -0.39 is 28.9 Å². The van der Waals surface area contributed by atoms with E-state index in [1.165, 1.54) is 25.2 Å². The molecule has 0 saturated heterocycles. The molecule has 160 valence electrons. The number of hydrogen-bond donors (Lipinski definition) is 2. The first-order valence-corrected chi connectivity index (χ1v) is 9.44. The number of rotatable bonds is 4. The summed E-state index contributed by atoms with van der Waals surface area (Å²) in [6, 6.07) is 9.36. The molecule has 0 bridgehead atoms. The zero-order valence-electron chi connectivity index (χ0n) is 16.3. The van der Waals surface area contributed by atoms with Crippen LogP contribution in [0.2, 0.25) is 0 Å². The Morgan fingerprint density at radius 3 is 2.39 bits per heavy atom. The first-order valence-electron chi connectivity index (χ1n) is 9.44. The van der Waals surface area contributed by atoms with Gasteiger partial charge in [-0.3, -0.25) is 14.4 Å². The molecule has 10 heteroatoms. The van der Waals surface area contributed by atoms with Gasteiger partial charge in [0.1, 0.15) is 0 Å². The number of amides is 2. The van der Waals surface area contributed by atoms with E-state index in [1.54, 1.807) is 12.1 Å². The van der Waals surface area contributed by atoms with Crippen molar-refractivity contribution in [2.24, 2.45) is 13.0 Å². The number of hydrogen-bond acceptors (Lipinski definition) is 4. The molecule has 1 saturated carbocycles. The highest BCUT2D eigenvalue weighted by atomic mass is 19.4. The van der Waals surface area contributed by atoms with Crippen LogP contribution in [0.5, 0.6) is 0 Å². The fourth-order valence-electron chi connectivity index (χ4n) is 3.20. The molecule has 0 unspecified atom stereocenters. The average Bonchev–Trinajstić information content (AvgIpc) is 3.56. The van der Waals surface area contributed by atoms with Gasteiger partial charge in [0, 0.05) is 24.0 Å². The molecule has 2 N–H and O–H groups in total. The van der Waals surface area contributed by atoms with Gasteiger partial charge in [0.05, 0.1) is 16.6 Å². The first-order chi connectivity index (χ1) is 14.6. The fourth-order valence-corrected chi connectivity index (χ4v) is 3.20. The normalized spacial score (nSPS) is 13.8. The van der Waals surface area contributed by atoms with Gasteiger partial charge in [-0.1, -0.05) is 18.2 Å². The van der Waals surface area contributed by atoms with E-state index in [2.05, 4.69) is 15.7 Å². The highest BCUT2D eigenvalue weighted by Crippen LogP contribution is 2.37. The molecule has 0 radical (unpaired) electrons. The molecule has 0 atom stereocenters. The van der Waals surface area contributed by atoms with Crippen LogP contribution in [0.15, 0.2) is 47.3 Å². The standard InChI is InChI=1S/C21H17F3N4O3/c1-28-20(31)14-5-3-2-4-13(14)17(27-28)19(30)26-16-9-8-12(10-15(16)21(22,23)24)25-18(29)11-6-7-11/h2-5,8-11H,6-7H2,1H3,(H,25,29)(H,26,30). The zero-order chi connectivity index (χ0) is 22.3. The zero-order valence-corrected chi connectivity index (χ0v) is 16.3. The van der Waals surface area contributed by atoms with E-state index in [1.807, 2.05) is 0 Å². The number of fused-ring (bicyclic) bond motifs is 1. The van der Waals surface area contributed by atoms with Crippen molar-refractivity contribution in [3.8, 4) is 0 Å². The van der Waals surface area contributed by atoms with Gasteiger partial charge in [0.15, 0.2) is 5.69 Å². The van der Waals surface area contributed by atoms with Gasteiger partial charge >= 0.3 is 6.18 Å². The Kier molecular flexibility index (Phi) is 5.00. The lowest BCUT2D eigenvalue weighted by Gasteiger charge is -2.16. The minimum Gasteiger partial charge on any atom is -0.326 e. The van der Waals surface area contributed by atoms with Crippen molar-refractivity contribution in [3.63, 3.8) is 0 Å². The number of nitrogens with one attached hydrogen (secondary N) is 2. The van der Waals surface area contributed by atoms with Crippen LogP contribution >= 0.6 is 0 Å². The first kappa shape index (κ1) is 20.6. The van der Waals surface area contributed by atoms with Crippen LogP contribution in [-0.2, 0) is 18.0 Å². The molecule has 2 amide bonds. The number of carbonyl (C=O) groups is 2. The quantitative estimate of drug-likeness (QED) is 0.662. The minimum absolute atomic E-state index is 0.00657. The summed E-state index contributed by atoms with van der Waals surface area (Å²) in [7, 11) is 1.35. The molecule has 7 nitrogen and oxygen atoms in total. The van der Waals surface area contributed by atoms with Crippen LogP contribution in [0.1, 0.15) is 28.9 Å². The number of aryl methyl sites for hydroxylation is 1. The maximum Gasteiger partial charge on any atom is 0.418 e. The Morgan fingerprint density at radius 2 is 1.74 bits per heavy atom. The number of nitrogens with zero attached hydrogens (tertiary/aromatic N) is 2. The van der Waals surface area contributed by atoms with Gasteiger partial charge in [-0.2, -0.15) is 18.3 Å². The predicted molar refractivity (Wildman–Crippen MR) is 108 cm³/mol. The lowest BCUT2D eigenvalue weighted by atomic mass is 10.1. The highest BCUT2D eigenvalue weighted by molar-refractivity contribution is 6.11. The monoisotopic (exact) mass is 430 g/mol. The van der Waals surface area contributed by atoms with Gasteiger partial charge < -0.3 is 10.6 Å². The molecule has 3 aromatic rings. The number of alkyl halides is 3. The number of aromatic nitrogens is 2. The lowest BCUT2D eigenvalue weighted by Crippen LogP contribution is -2.26. The Balaban J connectivity index is 1.70. The Labute approximate surface area is 173 Å². The predicted octanol–water partition coefficient (Wildman–Crippen LogP) is 3.55. The third-order valence-electron chi connectivity index (χ3n) is 4.96. The number of anilines is 2. The minimum atomic E-state index is -4.78. The average molecular weight is 430 g/mol. The second kappa shape index (κ2) is 7.53. The second-order valence-electron chi connectivity index (χ2n) is 7.30. The van der Waals surface area contributed by atoms with Crippen LogP contribution in [-0.4, -0.2) is 21.6 Å². The Morgan fingerprint density at radius 1 is 1.06 bits per heavy atom. The smallest absolute Gasteiger partial charge is 0.326 e. The van der Waals surface area contributed by atoms with Crippen LogP contribution in [0.4, 0.5) is 24.5 Å². The molecule has 1 aromatic heterocycles. The molecule has 0 aliphatic heterocycles. The summed E-state index contributed by atoms with van der Waals surface area (Å²) in [6.07, 6.45) is -3.35. The van der Waals surface area contributed by atoms with Crippen molar-refractivity contribution in [3.05, 3.63) is 64.1 Å². The third-order valence-corrected chi connectivity index (χ3v) is 4.96. The molecular weight excluding hydrogens is 413 g/mol. The highest BCUT2D eigenvalue weighted by Gasteiger charge is 2.35. The Hall–Kier alpha value is -3.69. The third kappa shape index (κ3) is 4.14. The van der Waals surface area contributed by atoms with Crippen molar-refractivity contribution in [1.82, 2.24) is 9.78 Å². The fraction of sp³-hybridized carbons (Fsp3) is 0.238. The molecule has 2 aromatic carbocycles. The molecule has 4 rings (SSSR count). The summed E-state index contributed by atoms with van der Waals surface area (Å²) in [5.74, 6) is -1.39. The molecule has 1 heterocycles. The summed E-state index contributed by atoms with van der Waals surface area (Å²) in [6.45, 7) is 0. The molecule has 1 aliphatic rings. The molecule has 1 fully saturated rings. The lowest BCUT2D eigenvalue weighted by molar-refractivity contribution is -0.137. The summed E-state index contributed by atoms with van der Waals surface area (Å²) < 4.78 is 41.9. The topological polar surface area (TPSA) is 93.1 Å². The van der Waals surface area contributed by atoms with E-state index in [4.69, 9.17) is 0 Å². The van der Waals surface area contributed by atoms with Crippen LogP contribution < -0.4 is 16.2 Å². The maximum absolute atomic E-state index is 13.6. The van der Waals surface area contributed by atoms with Gasteiger partial charge in [0.2, 0.25) is 5.91 Å². The van der Waals surface area contributed by atoms with E-state index in [0.717, 1.165) is 16.8 Å².